The van der Waals surface area contributed by atoms with Crippen molar-refractivity contribution in [3.8, 4) is 0 Å². The Morgan fingerprint density at radius 1 is 1.50 bits per heavy atom. The van der Waals surface area contributed by atoms with Crippen LogP contribution in [0.25, 0.3) is 11.2 Å². The minimum absolute atomic E-state index is 0.0862. The van der Waals surface area contributed by atoms with Crippen LogP contribution in [-0.4, -0.2) is 43.8 Å². The molecule has 0 aromatic carbocycles. The average molecular weight is 542 g/mol. The molecule has 2 aromatic rings. The van der Waals surface area contributed by atoms with E-state index >= 15 is 0 Å². The van der Waals surface area contributed by atoms with Gasteiger partial charge in [0.25, 0.3) is 0 Å². The molecule has 1 saturated heterocycles. The SMILES string of the molecule is C[C@@H]1[C@@H](CO[P+](C)=[W])O[C@@H](n2cnc3c(N)nc(N)nc32)[C@]1(C)Cl. The molecule has 5 atom stereocenters. The fourth-order valence-corrected chi connectivity index (χ4v) is 4.14. The number of rotatable bonds is 4. The minimum atomic E-state index is -0.646. The molecule has 3 heterocycles. The molecule has 1 fully saturated rings. The standard InChI is InChI=1S/C13H19ClN6O2P.W/c1-6-7(4-21-23-3)22-11(13(6,2)14)20-5-17-8-9(15)18-12(16)19-10(8)20;/h5-7,11H,4H2,1-3H3,(H4,15,16,18,19);/q-1;+2/t6-,7-,11-,13-;/m1./s1. The Morgan fingerprint density at radius 2 is 2.21 bits per heavy atom. The number of alkyl halides is 1. The number of anilines is 2. The Kier molecular flexibility index (Phi) is 4.97. The predicted octanol–water partition coefficient (Wildman–Crippen LogP) is 2.03. The van der Waals surface area contributed by atoms with Gasteiger partial charge in [0.1, 0.15) is 0 Å². The van der Waals surface area contributed by atoms with Crippen molar-refractivity contribution in [2.45, 2.75) is 31.1 Å². The maximum atomic E-state index is 6.84. The summed E-state index contributed by atoms with van der Waals surface area (Å²) < 4.78 is 13.8. The molecule has 24 heavy (non-hydrogen) atoms. The second-order valence-corrected chi connectivity index (χ2v) is 13.5. The number of fused-ring (bicyclic) bond motifs is 1. The molecule has 0 radical (unpaired) electrons. The van der Waals surface area contributed by atoms with Gasteiger partial charge in [0.05, 0.1) is 0 Å². The van der Waals surface area contributed by atoms with Crippen molar-refractivity contribution in [3.05, 3.63) is 6.33 Å². The molecule has 1 aliphatic rings. The van der Waals surface area contributed by atoms with Crippen molar-refractivity contribution in [1.29, 1.82) is 0 Å². The maximum absolute atomic E-state index is 6.84. The van der Waals surface area contributed by atoms with Gasteiger partial charge in [0.2, 0.25) is 0 Å². The van der Waals surface area contributed by atoms with Crippen LogP contribution in [-0.2, 0) is 28.1 Å². The molecule has 0 bridgehead atoms. The topological polar surface area (TPSA) is 114 Å². The molecule has 2 aromatic heterocycles. The number of ether oxygens (including phenoxy) is 1. The molecule has 1 aliphatic heterocycles. The molecule has 0 aliphatic carbocycles. The first kappa shape index (κ1) is 18.1. The number of nitrogens with two attached hydrogens (primary N) is 2. The van der Waals surface area contributed by atoms with Crippen molar-refractivity contribution in [2.75, 3.05) is 24.7 Å². The zero-order valence-corrected chi connectivity index (χ0v) is 18.1. The van der Waals surface area contributed by atoms with E-state index in [0.29, 0.717) is 17.8 Å². The third-order valence-electron chi connectivity index (χ3n) is 4.37. The van der Waals surface area contributed by atoms with Crippen LogP contribution in [0.15, 0.2) is 6.33 Å². The van der Waals surface area contributed by atoms with Gasteiger partial charge in [-0.15, -0.1) is 0 Å². The van der Waals surface area contributed by atoms with E-state index in [1.54, 1.807) is 10.9 Å². The molecule has 0 saturated carbocycles. The molecule has 3 rings (SSSR count). The van der Waals surface area contributed by atoms with Gasteiger partial charge in [-0.1, -0.05) is 0 Å². The monoisotopic (exact) mass is 541 g/mol. The summed E-state index contributed by atoms with van der Waals surface area (Å²) in [6.07, 6.45) is 1.07. The summed E-state index contributed by atoms with van der Waals surface area (Å²) in [5, 5.41) is 0. The number of hydrogen-bond donors (Lipinski definition) is 2. The molecule has 0 amide bonds. The normalized spacial score (nSPS) is 30.8. The van der Waals surface area contributed by atoms with Crippen molar-refractivity contribution in [2.24, 2.45) is 5.92 Å². The first-order valence-electron chi connectivity index (χ1n) is 7.35. The molecule has 11 heteroatoms. The van der Waals surface area contributed by atoms with E-state index in [1.807, 2.05) is 6.92 Å². The van der Waals surface area contributed by atoms with Gasteiger partial charge in [0.15, 0.2) is 0 Å². The van der Waals surface area contributed by atoms with Gasteiger partial charge >= 0.3 is 156 Å². The summed E-state index contributed by atoms with van der Waals surface area (Å²) in [5.74, 6) is 0.0429. The summed E-state index contributed by atoms with van der Waals surface area (Å²) >= 11 is 8.28. The van der Waals surface area contributed by atoms with Crippen LogP contribution in [0.2, 0.25) is 0 Å². The molecule has 4 N–H and O–H groups in total. The quantitative estimate of drug-likeness (QED) is 0.450. The van der Waals surface area contributed by atoms with Crippen molar-refractivity contribution in [3.63, 3.8) is 0 Å². The molecule has 1 unspecified atom stereocenters. The Bertz CT molecular complexity index is 800. The number of imidazole rings is 1. The number of nitrogen functional groups attached to an aromatic ring is 2. The van der Waals surface area contributed by atoms with E-state index < -0.39 is 11.1 Å². The van der Waals surface area contributed by atoms with Crippen molar-refractivity contribution in [1.82, 2.24) is 19.5 Å². The Hall–Kier alpha value is -0.652. The molecular weight excluding hydrogens is 522 g/mol. The van der Waals surface area contributed by atoms with Gasteiger partial charge in [-0.05, 0) is 0 Å². The molecule has 130 valence electrons. The summed E-state index contributed by atoms with van der Waals surface area (Å²) in [4.78, 5) is 11.8. The Balaban J connectivity index is 1.98. The molecule has 8 nitrogen and oxygen atoms in total. The number of nitrogens with zero attached hydrogens (tertiary/aromatic N) is 4. The van der Waals surface area contributed by atoms with E-state index in [0.717, 1.165) is 0 Å². The van der Waals surface area contributed by atoms with Crippen molar-refractivity contribution < 1.29 is 28.1 Å². The van der Waals surface area contributed by atoms with E-state index in [4.69, 9.17) is 32.3 Å². The summed E-state index contributed by atoms with van der Waals surface area (Å²) in [5.41, 5.74) is 12.6. The van der Waals surface area contributed by atoms with Crippen LogP contribution in [0.4, 0.5) is 11.8 Å². The third kappa shape index (κ3) is 3.11. The first-order valence-corrected chi connectivity index (χ1v) is 13.3. The van der Waals surface area contributed by atoms with Gasteiger partial charge in [-0.2, -0.15) is 0 Å². The number of halogens is 1. The summed E-state index contributed by atoms with van der Waals surface area (Å²) in [6.45, 7) is 6.64. The van der Waals surface area contributed by atoms with Gasteiger partial charge in [-0.3, -0.25) is 0 Å². The Morgan fingerprint density at radius 3 is 2.88 bits per heavy atom. The van der Waals surface area contributed by atoms with Gasteiger partial charge < -0.3 is 0 Å². The van der Waals surface area contributed by atoms with Crippen LogP contribution in [0.3, 0.4) is 0 Å². The second-order valence-electron chi connectivity index (χ2n) is 5.99. The summed E-state index contributed by atoms with van der Waals surface area (Å²) in [7, 11) is 0. The van der Waals surface area contributed by atoms with E-state index in [-0.39, 0.29) is 29.6 Å². The fraction of sp³-hybridized carbons (Fsp3) is 0.615. The molecule has 0 spiro atoms. The fourth-order valence-electron chi connectivity index (χ4n) is 2.83. The number of aromatic nitrogens is 4. The Labute approximate surface area is 155 Å². The van der Waals surface area contributed by atoms with Crippen LogP contribution >= 0.6 is 17.4 Å². The molecular formula is C13H19ClN6O2PW+. The second kappa shape index (κ2) is 6.58. The van der Waals surface area contributed by atoms with Crippen molar-refractivity contribution >= 4 is 40.3 Å². The zero-order valence-electron chi connectivity index (χ0n) is 13.5. The van der Waals surface area contributed by atoms with E-state index in [1.165, 1.54) is 18.8 Å². The zero-order chi connectivity index (χ0) is 17.6. The van der Waals surface area contributed by atoms with Crippen LogP contribution in [0, 0.1) is 5.92 Å². The average Bonchev–Trinajstić information content (AvgIpc) is 2.98. The van der Waals surface area contributed by atoms with Gasteiger partial charge in [-0.25, -0.2) is 0 Å². The number of hydrogen-bond acceptors (Lipinski definition) is 7. The summed E-state index contributed by atoms with van der Waals surface area (Å²) in [6, 6.07) is 0. The van der Waals surface area contributed by atoms with Crippen LogP contribution < -0.4 is 11.5 Å². The van der Waals surface area contributed by atoms with E-state index in [2.05, 4.69) is 28.5 Å². The van der Waals surface area contributed by atoms with Crippen LogP contribution in [0.1, 0.15) is 20.1 Å². The van der Waals surface area contributed by atoms with Crippen LogP contribution in [0.5, 0.6) is 0 Å². The van der Waals surface area contributed by atoms with Gasteiger partial charge in [0, 0.05) is 0 Å². The predicted molar refractivity (Wildman–Crippen MR) is 90.3 cm³/mol. The van der Waals surface area contributed by atoms with E-state index in [9.17, 15) is 0 Å². The first-order chi connectivity index (χ1) is 11.2. The third-order valence-corrected chi connectivity index (χ3v) is 6.55.